The SMILES string of the molecule is O=[N+]([O-])c1nc(Br)c(F)cc1C(F)F. The second-order valence-corrected chi connectivity index (χ2v) is 2.98. The van der Waals surface area contributed by atoms with Gasteiger partial charge < -0.3 is 10.1 Å². The normalized spacial score (nSPS) is 10.6. The van der Waals surface area contributed by atoms with E-state index in [2.05, 4.69) is 20.9 Å². The Morgan fingerprint density at radius 3 is 2.57 bits per heavy atom. The lowest BCUT2D eigenvalue weighted by Gasteiger charge is -2.01. The zero-order valence-corrected chi connectivity index (χ0v) is 7.96. The van der Waals surface area contributed by atoms with Crippen LogP contribution in [0.3, 0.4) is 0 Å². The Morgan fingerprint density at radius 2 is 2.14 bits per heavy atom. The lowest BCUT2D eigenvalue weighted by Crippen LogP contribution is -2.01. The standard InChI is InChI=1S/C6H2BrF3N2O2/c7-4-3(8)1-2(5(9)10)6(11-4)12(13)14/h1,5H. The molecule has 0 aromatic carbocycles. The number of pyridine rings is 1. The number of hydrogen-bond acceptors (Lipinski definition) is 3. The summed E-state index contributed by atoms with van der Waals surface area (Å²) in [5.74, 6) is -2.11. The van der Waals surface area contributed by atoms with Gasteiger partial charge in [0.1, 0.15) is 5.56 Å². The molecule has 0 saturated heterocycles. The van der Waals surface area contributed by atoms with Crippen molar-refractivity contribution in [2.24, 2.45) is 0 Å². The molecule has 4 nitrogen and oxygen atoms in total. The van der Waals surface area contributed by atoms with E-state index in [9.17, 15) is 23.3 Å². The molecule has 0 atom stereocenters. The Hall–Kier alpha value is -1.18. The van der Waals surface area contributed by atoms with Gasteiger partial charge in [-0.05, 0) is 16.0 Å². The number of nitrogens with zero attached hydrogens (tertiary/aromatic N) is 2. The second kappa shape index (κ2) is 3.91. The van der Waals surface area contributed by atoms with Crippen LogP contribution >= 0.6 is 15.9 Å². The van der Waals surface area contributed by atoms with Gasteiger partial charge in [-0.1, -0.05) is 0 Å². The van der Waals surface area contributed by atoms with Crippen LogP contribution in [0.2, 0.25) is 0 Å². The molecule has 14 heavy (non-hydrogen) atoms. The predicted molar refractivity (Wildman–Crippen MR) is 43.5 cm³/mol. The van der Waals surface area contributed by atoms with Crippen LogP contribution in [0.25, 0.3) is 0 Å². The van der Waals surface area contributed by atoms with Crippen LogP contribution in [0.4, 0.5) is 19.0 Å². The zero-order valence-electron chi connectivity index (χ0n) is 6.38. The molecule has 0 aliphatic carbocycles. The maximum absolute atomic E-state index is 12.7. The molecule has 0 aliphatic heterocycles. The van der Waals surface area contributed by atoms with Crippen LogP contribution in [0, 0.1) is 15.9 Å². The van der Waals surface area contributed by atoms with E-state index in [-0.39, 0.29) is 0 Å². The Balaban J connectivity index is 3.39. The van der Waals surface area contributed by atoms with Gasteiger partial charge in [-0.3, -0.25) is 0 Å². The summed E-state index contributed by atoms with van der Waals surface area (Å²) in [7, 11) is 0. The summed E-state index contributed by atoms with van der Waals surface area (Å²) in [6.45, 7) is 0. The quantitative estimate of drug-likeness (QED) is 0.472. The summed E-state index contributed by atoms with van der Waals surface area (Å²) in [5.41, 5.74) is -1.03. The van der Waals surface area contributed by atoms with E-state index in [0.29, 0.717) is 6.07 Å². The molecule has 0 spiro atoms. The molecule has 0 aliphatic rings. The lowest BCUT2D eigenvalue weighted by molar-refractivity contribution is -0.391. The van der Waals surface area contributed by atoms with E-state index in [4.69, 9.17) is 0 Å². The predicted octanol–water partition coefficient (Wildman–Crippen LogP) is 2.83. The van der Waals surface area contributed by atoms with Crippen LogP contribution < -0.4 is 0 Å². The molecular weight excluding hydrogens is 269 g/mol. The summed E-state index contributed by atoms with van der Waals surface area (Å²) < 4.78 is 36.6. The van der Waals surface area contributed by atoms with Crippen molar-refractivity contribution in [2.45, 2.75) is 6.43 Å². The van der Waals surface area contributed by atoms with Gasteiger partial charge in [0.2, 0.25) is 0 Å². The molecule has 1 aromatic heterocycles. The van der Waals surface area contributed by atoms with E-state index >= 15 is 0 Å². The second-order valence-electron chi connectivity index (χ2n) is 2.23. The largest absolute Gasteiger partial charge is 0.373 e. The molecule has 8 heteroatoms. The molecule has 0 N–H and O–H groups in total. The minimum absolute atomic E-state index is 0.389. The molecular formula is C6H2BrF3N2O2. The summed E-state index contributed by atoms with van der Waals surface area (Å²) in [5, 5.41) is 10.3. The molecule has 0 amide bonds. The van der Waals surface area contributed by atoms with Crippen molar-refractivity contribution in [3.8, 4) is 0 Å². The van der Waals surface area contributed by atoms with Crippen LogP contribution in [-0.4, -0.2) is 9.91 Å². The van der Waals surface area contributed by atoms with Gasteiger partial charge in [-0.2, -0.15) is 0 Å². The van der Waals surface area contributed by atoms with Gasteiger partial charge in [-0.15, -0.1) is 0 Å². The number of nitro groups is 1. The lowest BCUT2D eigenvalue weighted by atomic mass is 10.2. The number of alkyl halides is 2. The van der Waals surface area contributed by atoms with Crippen molar-refractivity contribution in [2.75, 3.05) is 0 Å². The van der Waals surface area contributed by atoms with Crippen LogP contribution in [0.15, 0.2) is 10.7 Å². The molecule has 0 saturated carbocycles. The number of halogens is 4. The fourth-order valence-electron chi connectivity index (χ4n) is 0.778. The van der Waals surface area contributed by atoms with Gasteiger partial charge in [0, 0.05) is 15.9 Å². The molecule has 0 radical (unpaired) electrons. The molecule has 0 fully saturated rings. The molecule has 0 bridgehead atoms. The average molecular weight is 271 g/mol. The third-order valence-corrected chi connectivity index (χ3v) is 1.91. The molecule has 76 valence electrons. The highest BCUT2D eigenvalue weighted by Crippen LogP contribution is 2.30. The van der Waals surface area contributed by atoms with Gasteiger partial charge >= 0.3 is 5.82 Å². The molecule has 1 heterocycles. The van der Waals surface area contributed by atoms with Crippen LogP contribution in [0.5, 0.6) is 0 Å². The van der Waals surface area contributed by atoms with Crippen molar-refractivity contribution in [3.63, 3.8) is 0 Å². The summed E-state index contributed by atoms with van der Waals surface area (Å²) in [4.78, 5) is 12.2. The van der Waals surface area contributed by atoms with E-state index in [1.807, 2.05) is 0 Å². The zero-order chi connectivity index (χ0) is 10.9. The highest BCUT2D eigenvalue weighted by Gasteiger charge is 2.26. The van der Waals surface area contributed by atoms with Crippen molar-refractivity contribution >= 4 is 21.7 Å². The van der Waals surface area contributed by atoms with Crippen LogP contribution in [-0.2, 0) is 0 Å². The van der Waals surface area contributed by atoms with Gasteiger partial charge in [0.05, 0.1) is 0 Å². The highest BCUT2D eigenvalue weighted by atomic mass is 79.9. The summed E-state index contributed by atoms with van der Waals surface area (Å²) >= 11 is 2.56. The number of rotatable bonds is 2. The smallest absolute Gasteiger partial charge is 0.358 e. The third-order valence-electron chi connectivity index (χ3n) is 1.35. The van der Waals surface area contributed by atoms with Crippen molar-refractivity contribution in [1.29, 1.82) is 0 Å². The third kappa shape index (κ3) is 2.00. The van der Waals surface area contributed by atoms with Crippen molar-refractivity contribution in [3.05, 3.63) is 32.2 Å². The monoisotopic (exact) mass is 270 g/mol. The average Bonchev–Trinajstić information content (AvgIpc) is 2.08. The minimum Gasteiger partial charge on any atom is -0.358 e. The van der Waals surface area contributed by atoms with Gasteiger partial charge in [0.25, 0.3) is 11.0 Å². The van der Waals surface area contributed by atoms with Gasteiger partial charge in [-0.25, -0.2) is 13.2 Å². The Morgan fingerprint density at radius 1 is 1.57 bits per heavy atom. The molecule has 0 unspecified atom stereocenters. The highest BCUT2D eigenvalue weighted by molar-refractivity contribution is 9.10. The summed E-state index contributed by atoms with van der Waals surface area (Å²) in [6.07, 6.45) is -3.13. The van der Waals surface area contributed by atoms with E-state index in [1.54, 1.807) is 0 Å². The number of hydrogen-bond donors (Lipinski definition) is 0. The fraction of sp³-hybridized carbons (Fsp3) is 0.167. The first-order valence-electron chi connectivity index (χ1n) is 3.22. The van der Waals surface area contributed by atoms with E-state index < -0.39 is 33.2 Å². The fourth-order valence-corrected chi connectivity index (χ4v) is 1.06. The van der Waals surface area contributed by atoms with E-state index in [1.165, 1.54) is 0 Å². The Kier molecular flexibility index (Phi) is 3.04. The van der Waals surface area contributed by atoms with Gasteiger partial charge in [0.15, 0.2) is 5.82 Å². The topological polar surface area (TPSA) is 56.0 Å². The first kappa shape index (κ1) is 10.9. The van der Waals surface area contributed by atoms with Crippen molar-refractivity contribution in [1.82, 2.24) is 4.98 Å². The minimum atomic E-state index is -3.13. The van der Waals surface area contributed by atoms with Crippen molar-refractivity contribution < 1.29 is 18.1 Å². The first-order valence-corrected chi connectivity index (χ1v) is 4.01. The maximum atomic E-state index is 12.7. The van der Waals surface area contributed by atoms with E-state index in [0.717, 1.165) is 0 Å². The first-order chi connectivity index (χ1) is 6.43. The molecule has 1 aromatic rings. The number of aromatic nitrogens is 1. The Labute approximate surface area is 84.0 Å². The Bertz CT molecular complexity index is 386. The maximum Gasteiger partial charge on any atom is 0.373 e. The molecule has 1 rings (SSSR count). The summed E-state index contributed by atoms with van der Waals surface area (Å²) in [6, 6.07) is 0.389. The van der Waals surface area contributed by atoms with Crippen LogP contribution in [0.1, 0.15) is 12.0 Å².